The Morgan fingerprint density at radius 1 is 1.26 bits per heavy atom. The molecule has 4 atom stereocenters. The van der Waals surface area contributed by atoms with E-state index in [0.717, 1.165) is 36.4 Å². The Kier molecular flexibility index (Phi) is 6.08. The van der Waals surface area contributed by atoms with Crippen LogP contribution in [0, 0.1) is 11.8 Å². The first-order chi connectivity index (χ1) is 13.2. The maximum Gasteiger partial charge on any atom is 0.220 e. The second kappa shape index (κ2) is 8.70. The third kappa shape index (κ3) is 4.35. The molecule has 3 fully saturated rings. The van der Waals surface area contributed by atoms with Gasteiger partial charge in [-0.05, 0) is 82.6 Å². The van der Waals surface area contributed by atoms with Gasteiger partial charge < -0.3 is 10.2 Å². The van der Waals surface area contributed by atoms with Crippen LogP contribution < -0.4 is 5.32 Å². The molecule has 0 spiro atoms. The summed E-state index contributed by atoms with van der Waals surface area (Å²) in [6.45, 7) is 4.40. The van der Waals surface area contributed by atoms with E-state index in [2.05, 4.69) is 27.1 Å². The van der Waals surface area contributed by atoms with Gasteiger partial charge in [-0.2, -0.15) is 0 Å². The van der Waals surface area contributed by atoms with E-state index < -0.39 is 0 Å². The van der Waals surface area contributed by atoms with E-state index in [0.29, 0.717) is 19.0 Å². The van der Waals surface area contributed by atoms with E-state index >= 15 is 0 Å². The smallest absolute Gasteiger partial charge is 0.220 e. The molecule has 4 heterocycles. The van der Waals surface area contributed by atoms with Gasteiger partial charge in [0.1, 0.15) is 0 Å². The fraction of sp³-hybridized carbons (Fsp3) is 0.727. The van der Waals surface area contributed by atoms with Crippen molar-refractivity contribution in [3.63, 3.8) is 0 Å². The van der Waals surface area contributed by atoms with Gasteiger partial charge in [0.2, 0.25) is 5.91 Å². The lowest BCUT2D eigenvalue weighted by Gasteiger charge is -2.57. The lowest BCUT2D eigenvalue weighted by Crippen LogP contribution is -2.63. The molecule has 27 heavy (non-hydrogen) atoms. The van der Waals surface area contributed by atoms with Crippen LogP contribution in [-0.2, 0) is 11.3 Å². The number of hydrogen-bond acceptors (Lipinski definition) is 4. The van der Waals surface area contributed by atoms with E-state index in [1.54, 1.807) is 6.20 Å². The van der Waals surface area contributed by atoms with Crippen molar-refractivity contribution < 1.29 is 4.79 Å². The minimum Gasteiger partial charge on any atom is -0.350 e. The number of nitrogens with zero attached hydrogens (tertiary/aromatic N) is 3. The predicted molar refractivity (Wildman–Crippen MR) is 107 cm³/mol. The molecule has 0 aliphatic carbocycles. The molecule has 1 aromatic rings. The molecule has 0 radical (unpaired) electrons. The molecule has 3 saturated heterocycles. The van der Waals surface area contributed by atoms with Gasteiger partial charge in [-0.3, -0.25) is 14.7 Å². The van der Waals surface area contributed by atoms with Crippen molar-refractivity contribution in [2.24, 2.45) is 11.8 Å². The molecule has 0 saturated carbocycles. The Bertz CT molecular complexity index is 620. The minimum atomic E-state index is 0.153. The Balaban J connectivity index is 1.26. The van der Waals surface area contributed by atoms with Crippen LogP contribution in [0.1, 0.15) is 50.6 Å². The number of aromatic nitrogens is 1. The highest BCUT2D eigenvalue weighted by Gasteiger charge is 2.47. The normalized spacial score (nSPS) is 31.3. The summed E-state index contributed by atoms with van der Waals surface area (Å²) in [5, 5.41) is 3.01. The second-order valence-corrected chi connectivity index (χ2v) is 8.73. The van der Waals surface area contributed by atoms with Crippen molar-refractivity contribution in [1.82, 2.24) is 20.1 Å². The summed E-state index contributed by atoms with van der Waals surface area (Å²) in [7, 11) is 2.32. The molecule has 148 valence electrons. The van der Waals surface area contributed by atoms with Crippen LogP contribution >= 0.6 is 0 Å². The van der Waals surface area contributed by atoms with Crippen molar-refractivity contribution in [2.75, 3.05) is 26.7 Å². The summed E-state index contributed by atoms with van der Waals surface area (Å²) < 4.78 is 0. The summed E-state index contributed by atoms with van der Waals surface area (Å²) in [6, 6.07) is 7.27. The first kappa shape index (κ1) is 18.9. The van der Waals surface area contributed by atoms with Gasteiger partial charge in [0.05, 0.1) is 12.2 Å². The largest absolute Gasteiger partial charge is 0.350 e. The minimum absolute atomic E-state index is 0.153. The predicted octanol–water partition coefficient (Wildman–Crippen LogP) is 2.67. The van der Waals surface area contributed by atoms with E-state index in [9.17, 15) is 4.79 Å². The van der Waals surface area contributed by atoms with Gasteiger partial charge in [0.15, 0.2) is 0 Å². The number of rotatable bonds is 6. The Labute approximate surface area is 163 Å². The van der Waals surface area contributed by atoms with Crippen molar-refractivity contribution in [1.29, 1.82) is 0 Å². The molecule has 3 aliphatic rings. The lowest BCUT2D eigenvalue weighted by molar-refractivity contribution is -0.121. The number of likely N-dealkylation sites (tertiary alicyclic amines) is 1. The zero-order valence-corrected chi connectivity index (χ0v) is 16.6. The SMILES string of the molecule is CN1C[C@@H]2CCCN3CCC[C@@H]([C@H]23)[C@H]1CCCC(=O)NCc1ccccn1. The number of carbonyl (C=O) groups excluding carboxylic acids is 1. The van der Waals surface area contributed by atoms with Gasteiger partial charge >= 0.3 is 0 Å². The number of pyridine rings is 1. The Hall–Kier alpha value is -1.46. The maximum atomic E-state index is 12.2. The average molecular weight is 371 g/mol. The topological polar surface area (TPSA) is 48.5 Å². The second-order valence-electron chi connectivity index (χ2n) is 8.73. The number of carbonyl (C=O) groups is 1. The van der Waals surface area contributed by atoms with Crippen LogP contribution in [0.2, 0.25) is 0 Å². The molecule has 0 unspecified atom stereocenters. The molecule has 5 nitrogen and oxygen atoms in total. The molecular weight excluding hydrogens is 336 g/mol. The van der Waals surface area contributed by atoms with Crippen LogP contribution in [0.15, 0.2) is 24.4 Å². The van der Waals surface area contributed by atoms with Gasteiger partial charge in [0.25, 0.3) is 0 Å². The standard InChI is InChI=1S/C22H34N4O/c1-25-16-17-7-5-13-26-14-6-9-19(22(17)26)20(25)10-4-11-21(27)24-15-18-8-2-3-12-23-18/h2-3,8,12,17,19-20,22H,4-7,9-11,13-16H2,1H3,(H,24,27)/t17-,19+,20+,22-/m0/s1. The third-order valence-electron chi connectivity index (χ3n) is 7.03. The van der Waals surface area contributed by atoms with E-state index in [1.165, 1.54) is 45.3 Å². The molecular formula is C22H34N4O. The fourth-order valence-corrected chi connectivity index (χ4v) is 5.89. The molecule has 3 aliphatic heterocycles. The van der Waals surface area contributed by atoms with E-state index in [4.69, 9.17) is 0 Å². The summed E-state index contributed by atoms with van der Waals surface area (Å²) in [6.07, 6.45) is 10.0. The van der Waals surface area contributed by atoms with Crippen LogP contribution in [0.5, 0.6) is 0 Å². The zero-order valence-electron chi connectivity index (χ0n) is 16.6. The van der Waals surface area contributed by atoms with Crippen molar-refractivity contribution >= 4 is 5.91 Å². The van der Waals surface area contributed by atoms with E-state index in [1.807, 2.05) is 18.2 Å². The van der Waals surface area contributed by atoms with Gasteiger partial charge in [0, 0.05) is 31.2 Å². The highest BCUT2D eigenvalue weighted by Crippen LogP contribution is 2.42. The van der Waals surface area contributed by atoms with E-state index in [-0.39, 0.29) is 5.91 Å². The Morgan fingerprint density at radius 3 is 2.93 bits per heavy atom. The monoisotopic (exact) mass is 370 g/mol. The fourth-order valence-electron chi connectivity index (χ4n) is 5.89. The first-order valence-corrected chi connectivity index (χ1v) is 10.8. The molecule has 0 aromatic carbocycles. The number of nitrogens with one attached hydrogen (secondary N) is 1. The molecule has 1 aromatic heterocycles. The van der Waals surface area contributed by atoms with Crippen LogP contribution in [0.25, 0.3) is 0 Å². The zero-order chi connectivity index (χ0) is 18.6. The maximum absolute atomic E-state index is 12.2. The lowest BCUT2D eigenvalue weighted by atomic mass is 9.69. The summed E-state index contributed by atoms with van der Waals surface area (Å²) in [5.74, 6) is 1.83. The average Bonchev–Trinajstić information content (AvgIpc) is 2.70. The summed E-state index contributed by atoms with van der Waals surface area (Å²) >= 11 is 0. The van der Waals surface area contributed by atoms with Gasteiger partial charge in [-0.1, -0.05) is 6.07 Å². The molecule has 1 N–H and O–H groups in total. The van der Waals surface area contributed by atoms with Crippen LogP contribution in [0.4, 0.5) is 0 Å². The molecule has 0 bridgehead atoms. The first-order valence-electron chi connectivity index (χ1n) is 10.8. The number of piperidine rings is 3. The Morgan fingerprint density at radius 2 is 2.11 bits per heavy atom. The number of amides is 1. The van der Waals surface area contributed by atoms with Crippen LogP contribution in [0.3, 0.4) is 0 Å². The molecule has 1 amide bonds. The van der Waals surface area contributed by atoms with Gasteiger partial charge in [-0.25, -0.2) is 0 Å². The third-order valence-corrected chi connectivity index (χ3v) is 7.03. The van der Waals surface area contributed by atoms with Crippen molar-refractivity contribution in [2.45, 2.75) is 63.6 Å². The summed E-state index contributed by atoms with van der Waals surface area (Å²) in [5.41, 5.74) is 0.920. The van der Waals surface area contributed by atoms with Crippen molar-refractivity contribution in [3.8, 4) is 0 Å². The summed E-state index contributed by atoms with van der Waals surface area (Å²) in [4.78, 5) is 21.9. The number of hydrogen-bond donors (Lipinski definition) is 1. The van der Waals surface area contributed by atoms with Crippen LogP contribution in [-0.4, -0.2) is 59.5 Å². The van der Waals surface area contributed by atoms with Gasteiger partial charge in [-0.15, -0.1) is 0 Å². The quantitative estimate of drug-likeness (QED) is 0.836. The highest BCUT2D eigenvalue weighted by molar-refractivity contribution is 5.75. The molecule has 5 heteroatoms. The highest BCUT2D eigenvalue weighted by atomic mass is 16.1. The molecule has 4 rings (SSSR count). The van der Waals surface area contributed by atoms with Crippen molar-refractivity contribution in [3.05, 3.63) is 30.1 Å².